The van der Waals surface area contributed by atoms with Crippen LogP contribution in [0.3, 0.4) is 0 Å². The maximum atomic E-state index is 12.2. The molecule has 2 aliphatic rings. The van der Waals surface area contributed by atoms with E-state index in [0.29, 0.717) is 29.2 Å². The van der Waals surface area contributed by atoms with Crippen LogP contribution in [0.15, 0.2) is 10.6 Å². The SMILES string of the molecule is Cc1cc(NC(=O)CSCC(=O)N2CC3CCC(N)C3C2)no1. The predicted octanol–water partition coefficient (Wildman–Crippen LogP) is 0.850. The Kier molecular flexibility index (Phi) is 4.91. The first-order valence-electron chi connectivity index (χ1n) is 7.87. The van der Waals surface area contributed by atoms with Crippen LogP contribution in [-0.2, 0) is 9.59 Å². The van der Waals surface area contributed by atoms with Crippen molar-refractivity contribution < 1.29 is 14.1 Å². The fourth-order valence-corrected chi connectivity index (χ4v) is 4.15. The van der Waals surface area contributed by atoms with E-state index in [1.807, 2.05) is 4.90 Å². The van der Waals surface area contributed by atoms with E-state index in [9.17, 15) is 9.59 Å². The molecule has 0 aromatic carbocycles. The Morgan fingerprint density at radius 2 is 2.26 bits per heavy atom. The average Bonchev–Trinajstić information content (AvgIpc) is 3.18. The second kappa shape index (κ2) is 6.92. The lowest BCUT2D eigenvalue weighted by atomic mass is 9.98. The van der Waals surface area contributed by atoms with Gasteiger partial charge >= 0.3 is 0 Å². The largest absolute Gasteiger partial charge is 0.360 e. The van der Waals surface area contributed by atoms with Crippen LogP contribution < -0.4 is 11.1 Å². The molecule has 1 aromatic rings. The van der Waals surface area contributed by atoms with E-state index >= 15 is 0 Å². The molecule has 23 heavy (non-hydrogen) atoms. The molecule has 1 aliphatic carbocycles. The molecule has 1 saturated heterocycles. The molecule has 3 rings (SSSR count). The Morgan fingerprint density at radius 3 is 2.96 bits per heavy atom. The minimum Gasteiger partial charge on any atom is -0.360 e. The van der Waals surface area contributed by atoms with Crippen molar-refractivity contribution in [2.45, 2.75) is 25.8 Å². The highest BCUT2D eigenvalue weighted by molar-refractivity contribution is 8.00. The number of amides is 2. The van der Waals surface area contributed by atoms with Gasteiger partial charge in [0.25, 0.3) is 0 Å². The molecule has 1 aromatic heterocycles. The van der Waals surface area contributed by atoms with Gasteiger partial charge < -0.3 is 20.5 Å². The van der Waals surface area contributed by atoms with E-state index in [2.05, 4.69) is 10.5 Å². The van der Waals surface area contributed by atoms with Gasteiger partial charge in [-0.05, 0) is 31.6 Å². The van der Waals surface area contributed by atoms with E-state index < -0.39 is 0 Å². The van der Waals surface area contributed by atoms with Gasteiger partial charge in [0.2, 0.25) is 11.8 Å². The number of aryl methyl sites for hydroxylation is 1. The van der Waals surface area contributed by atoms with E-state index in [1.54, 1.807) is 13.0 Å². The van der Waals surface area contributed by atoms with Crippen LogP contribution in [0.2, 0.25) is 0 Å². The molecule has 2 fully saturated rings. The number of anilines is 1. The van der Waals surface area contributed by atoms with Crippen LogP contribution in [-0.4, -0.2) is 52.5 Å². The topological polar surface area (TPSA) is 101 Å². The highest BCUT2D eigenvalue weighted by Gasteiger charge is 2.42. The number of nitrogens with two attached hydrogens (primary N) is 1. The molecule has 8 heteroatoms. The van der Waals surface area contributed by atoms with Gasteiger partial charge in [-0.25, -0.2) is 0 Å². The van der Waals surface area contributed by atoms with E-state index in [1.165, 1.54) is 11.8 Å². The van der Waals surface area contributed by atoms with Gasteiger partial charge in [-0.1, -0.05) is 5.16 Å². The molecule has 0 bridgehead atoms. The van der Waals surface area contributed by atoms with Gasteiger partial charge in [-0.2, -0.15) is 0 Å². The van der Waals surface area contributed by atoms with Crippen molar-refractivity contribution in [2.75, 3.05) is 29.9 Å². The van der Waals surface area contributed by atoms with E-state index in [0.717, 1.165) is 25.9 Å². The summed E-state index contributed by atoms with van der Waals surface area (Å²) in [6.45, 7) is 3.35. The summed E-state index contributed by atoms with van der Waals surface area (Å²) in [7, 11) is 0. The molecular weight excluding hydrogens is 316 g/mol. The number of carbonyl (C=O) groups excluding carboxylic acids is 2. The van der Waals surface area contributed by atoms with Crippen molar-refractivity contribution in [1.82, 2.24) is 10.1 Å². The van der Waals surface area contributed by atoms with Crippen molar-refractivity contribution in [3.8, 4) is 0 Å². The van der Waals surface area contributed by atoms with Crippen LogP contribution in [0.1, 0.15) is 18.6 Å². The van der Waals surface area contributed by atoms with E-state index in [4.69, 9.17) is 10.3 Å². The second-order valence-corrected chi connectivity index (χ2v) is 7.31. The van der Waals surface area contributed by atoms with Crippen LogP contribution in [0.5, 0.6) is 0 Å². The van der Waals surface area contributed by atoms with E-state index in [-0.39, 0.29) is 23.6 Å². The molecule has 3 atom stereocenters. The number of rotatable bonds is 5. The lowest BCUT2D eigenvalue weighted by molar-refractivity contribution is -0.127. The molecule has 3 unspecified atom stereocenters. The number of likely N-dealkylation sites (tertiary alicyclic amines) is 1. The predicted molar refractivity (Wildman–Crippen MR) is 88.0 cm³/mol. The molecular formula is C15H22N4O3S. The molecule has 126 valence electrons. The fraction of sp³-hybridized carbons (Fsp3) is 0.667. The first kappa shape index (κ1) is 16.3. The lowest BCUT2D eigenvalue weighted by Crippen LogP contribution is -2.34. The van der Waals surface area contributed by atoms with Crippen molar-refractivity contribution >= 4 is 29.4 Å². The third-order valence-corrected chi connectivity index (χ3v) is 5.54. The highest BCUT2D eigenvalue weighted by atomic mass is 32.2. The van der Waals surface area contributed by atoms with Gasteiger partial charge in [0, 0.05) is 25.2 Å². The molecule has 1 aliphatic heterocycles. The summed E-state index contributed by atoms with van der Waals surface area (Å²) < 4.78 is 4.88. The fourth-order valence-electron chi connectivity index (χ4n) is 3.44. The standard InChI is InChI=1S/C15H22N4O3S/c1-9-4-13(18-22-9)17-14(20)7-23-8-15(21)19-5-10-2-3-12(16)11(10)6-19/h4,10-12H,2-3,5-8,16H2,1H3,(H,17,18,20). The minimum atomic E-state index is -0.184. The smallest absolute Gasteiger partial charge is 0.235 e. The lowest BCUT2D eigenvalue weighted by Gasteiger charge is -2.18. The maximum absolute atomic E-state index is 12.2. The number of hydrogen-bond donors (Lipinski definition) is 2. The summed E-state index contributed by atoms with van der Waals surface area (Å²) in [5, 5.41) is 6.34. The van der Waals surface area contributed by atoms with Gasteiger partial charge in [0.05, 0.1) is 11.5 Å². The Labute approximate surface area is 139 Å². The van der Waals surface area contributed by atoms with Crippen molar-refractivity contribution in [3.63, 3.8) is 0 Å². The third kappa shape index (κ3) is 3.87. The molecule has 0 radical (unpaired) electrons. The molecule has 1 saturated carbocycles. The summed E-state index contributed by atoms with van der Waals surface area (Å²) in [5.74, 6) is 2.53. The second-order valence-electron chi connectivity index (χ2n) is 6.33. The van der Waals surface area contributed by atoms with Crippen LogP contribution >= 0.6 is 11.8 Å². The van der Waals surface area contributed by atoms with Crippen LogP contribution in [0.25, 0.3) is 0 Å². The Hall–Kier alpha value is -1.54. The highest BCUT2D eigenvalue weighted by Crippen LogP contribution is 2.37. The van der Waals surface area contributed by atoms with Crippen molar-refractivity contribution in [1.29, 1.82) is 0 Å². The molecule has 2 amide bonds. The zero-order valence-electron chi connectivity index (χ0n) is 13.2. The Balaban J connectivity index is 1.37. The molecule has 0 spiro atoms. The number of nitrogens with one attached hydrogen (secondary N) is 1. The first-order valence-corrected chi connectivity index (χ1v) is 9.02. The van der Waals surface area contributed by atoms with Gasteiger partial charge in [0.1, 0.15) is 5.76 Å². The number of aromatic nitrogens is 1. The summed E-state index contributed by atoms with van der Waals surface area (Å²) in [4.78, 5) is 25.9. The van der Waals surface area contributed by atoms with Crippen LogP contribution in [0, 0.1) is 18.8 Å². The van der Waals surface area contributed by atoms with Gasteiger partial charge in [-0.3, -0.25) is 9.59 Å². The number of carbonyl (C=O) groups is 2. The maximum Gasteiger partial charge on any atom is 0.235 e. The monoisotopic (exact) mass is 338 g/mol. The van der Waals surface area contributed by atoms with Crippen molar-refractivity contribution in [2.24, 2.45) is 17.6 Å². The van der Waals surface area contributed by atoms with Gasteiger partial charge in [-0.15, -0.1) is 11.8 Å². The first-order chi connectivity index (χ1) is 11.0. The third-order valence-electron chi connectivity index (χ3n) is 4.62. The zero-order chi connectivity index (χ0) is 16.4. The Morgan fingerprint density at radius 1 is 1.43 bits per heavy atom. The number of thioether (sulfide) groups is 1. The number of nitrogens with zero attached hydrogens (tertiary/aromatic N) is 2. The number of fused-ring (bicyclic) bond motifs is 1. The summed E-state index contributed by atoms with van der Waals surface area (Å²) in [5.41, 5.74) is 6.09. The summed E-state index contributed by atoms with van der Waals surface area (Å²) in [6.07, 6.45) is 2.20. The van der Waals surface area contributed by atoms with Crippen molar-refractivity contribution in [3.05, 3.63) is 11.8 Å². The van der Waals surface area contributed by atoms with Gasteiger partial charge in [0.15, 0.2) is 5.82 Å². The quantitative estimate of drug-likeness (QED) is 0.825. The van der Waals surface area contributed by atoms with Crippen LogP contribution in [0.4, 0.5) is 5.82 Å². The zero-order valence-corrected chi connectivity index (χ0v) is 14.0. The minimum absolute atomic E-state index is 0.0988. The summed E-state index contributed by atoms with van der Waals surface area (Å²) in [6, 6.07) is 1.89. The molecule has 3 N–H and O–H groups in total. The molecule has 7 nitrogen and oxygen atoms in total. The summed E-state index contributed by atoms with van der Waals surface area (Å²) >= 11 is 1.32. The number of hydrogen-bond acceptors (Lipinski definition) is 6. The average molecular weight is 338 g/mol. The molecule has 2 heterocycles. The Bertz CT molecular complexity index is 591. The normalized spacial score (nSPS) is 26.3.